The molecule has 1 aromatic rings. The number of nitrogens with one attached hydrogen (secondary N) is 2. The fraction of sp³-hybridized carbons (Fsp3) is 0.692. The van der Waals surface area contributed by atoms with Gasteiger partial charge in [0.05, 0.1) is 12.6 Å². The minimum atomic E-state index is -0.225. The molecule has 1 aromatic heterocycles. The number of carbonyl (C=O) groups excluding carboxylic acids is 2. The largest absolute Gasteiger partial charge is 0.347 e. The van der Waals surface area contributed by atoms with Crippen molar-refractivity contribution in [3.05, 3.63) is 12.2 Å². The molecular formula is C13H23N5O2. The molecule has 2 amide bonds. The van der Waals surface area contributed by atoms with Crippen molar-refractivity contribution < 1.29 is 9.59 Å². The summed E-state index contributed by atoms with van der Waals surface area (Å²) in [4.78, 5) is 27.4. The van der Waals surface area contributed by atoms with Crippen LogP contribution in [0.15, 0.2) is 6.33 Å². The second-order valence-corrected chi connectivity index (χ2v) is 4.83. The first-order valence-electron chi connectivity index (χ1n) is 6.94. The molecular weight excluding hydrogens is 258 g/mol. The molecule has 0 bridgehead atoms. The van der Waals surface area contributed by atoms with Gasteiger partial charge in [0, 0.05) is 12.5 Å². The van der Waals surface area contributed by atoms with Gasteiger partial charge in [-0.3, -0.25) is 9.59 Å². The van der Waals surface area contributed by atoms with Crippen molar-refractivity contribution in [2.24, 2.45) is 5.92 Å². The predicted octanol–water partition coefficient (Wildman–Crippen LogP) is 0.637. The smallest absolute Gasteiger partial charge is 0.239 e. The number of carbonyl (C=O) groups is 2. The van der Waals surface area contributed by atoms with Crippen LogP contribution in [0.3, 0.4) is 0 Å². The zero-order valence-corrected chi connectivity index (χ0v) is 12.5. The molecule has 0 aromatic carbocycles. The fourth-order valence-electron chi connectivity index (χ4n) is 1.75. The SMILES string of the molecule is CC[C@@H](NC(=O)CNC(=O)C(C)C)c1ncnn1CC. The lowest BCUT2D eigenvalue weighted by atomic mass is 10.2. The first-order chi connectivity index (χ1) is 9.49. The van der Waals surface area contributed by atoms with E-state index in [1.54, 1.807) is 18.5 Å². The molecule has 0 unspecified atom stereocenters. The second-order valence-electron chi connectivity index (χ2n) is 4.83. The Morgan fingerprint density at radius 1 is 1.35 bits per heavy atom. The molecule has 2 N–H and O–H groups in total. The van der Waals surface area contributed by atoms with E-state index < -0.39 is 0 Å². The Kier molecular flexibility index (Phi) is 6.14. The maximum Gasteiger partial charge on any atom is 0.239 e. The molecule has 20 heavy (non-hydrogen) atoms. The lowest BCUT2D eigenvalue weighted by molar-refractivity contribution is -0.128. The van der Waals surface area contributed by atoms with E-state index in [2.05, 4.69) is 20.7 Å². The van der Waals surface area contributed by atoms with Crippen molar-refractivity contribution in [3.8, 4) is 0 Å². The van der Waals surface area contributed by atoms with E-state index in [4.69, 9.17) is 0 Å². The van der Waals surface area contributed by atoms with Crippen LogP contribution >= 0.6 is 0 Å². The first-order valence-corrected chi connectivity index (χ1v) is 6.94. The molecule has 1 atom stereocenters. The van der Waals surface area contributed by atoms with Crippen LogP contribution in [0.4, 0.5) is 0 Å². The van der Waals surface area contributed by atoms with Gasteiger partial charge in [0.2, 0.25) is 11.8 Å². The van der Waals surface area contributed by atoms with Crippen LogP contribution in [0.2, 0.25) is 0 Å². The molecule has 0 spiro atoms. The van der Waals surface area contributed by atoms with Gasteiger partial charge in [-0.15, -0.1) is 0 Å². The minimum Gasteiger partial charge on any atom is -0.347 e. The molecule has 0 radical (unpaired) electrons. The lowest BCUT2D eigenvalue weighted by Gasteiger charge is -2.17. The van der Waals surface area contributed by atoms with Crippen LogP contribution in [0.1, 0.15) is 46.0 Å². The molecule has 0 aliphatic heterocycles. The Bertz CT molecular complexity index is 455. The highest BCUT2D eigenvalue weighted by molar-refractivity contribution is 5.85. The van der Waals surface area contributed by atoms with Gasteiger partial charge in [0.25, 0.3) is 0 Å². The van der Waals surface area contributed by atoms with Gasteiger partial charge in [-0.1, -0.05) is 20.8 Å². The third-order valence-corrected chi connectivity index (χ3v) is 2.95. The number of rotatable bonds is 7. The quantitative estimate of drug-likeness (QED) is 0.767. The zero-order chi connectivity index (χ0) is 15.1. The summed E-state index contributed by atoms with van der Waals surface area (Å²) < 4.78 is 1.75. The maximum atomic E-state index is 11.9. The molecule has 1 rings (SSSR count). The highest BCUT2D eigenvalue weighted by Crippen LogP contribution is 2.13. The molecule has 112 valence electrons. The number of aromatic nitrogens is 3. The standard InChI is InChI=1S/C13H23N5O2/c1-5-10(12-15-8-16-18(12)6-2)17-11(19)7-14-13(20)9(3)4/h8-10H,5-7H2,1-4H3,(H,14,20)(H,17,19)/t10-/m1/s1. The van der Waals surface area contributed by atoms with Crippen molar-refractivity contribution in [2.75, 3.05) is 6.54 Å². The normalized spacial score (nSPS) is 12.2. The topological polar surface area (TPSA) is 88.9 Å². The zero-order valence-electron chi connectivity index (χ0n) is 12.5. The highest BCUT2D eigenvalue weighted by atomic mass is 16.2. The lowest BCUT2D eigenvalue weighted by Crippen LogP contribution is -2.40. The molecule has 7 nitrogen and oxygen atoms in total. The van der Waals surface area contributed by atoms with Crippen LogP contribution in [0.25, 0.3) is 0 Å². The van der Waals surface area contributed by atoms with Gasteiger partial charge in [-0.2, -0.15) is 5.10 Å². The number of amides is 2. The molecule has 7 heteroatoms. The molecule has 0 saturated carbocycles. The summed E-state index contributed by atoms with van der Waals surface area (Å²) in [5.74, 6) is 0.243. The van der Waals surface area contributed by atoms with Gasteiger partial charge in [0.1, 0.15) is 12.2 Å². The first kappa shape index (κ1) is 16.1. The maximum absolute atomic E-state index is 11.9. The van der Waals surface area contributed by atoms with Crippen molar-refractivity contribution in [2.45, 2.75) is 46.7 Å². The Hall–Kier alpha value is -1.92. The van der Waals surface area contributed by atoms with Crippen LogP contribution in [0, 0.1) is 5.92 Å². The second kappa shape index (κ2) is 7.62. The molecule has 0 saturated heterocycles. The minimum absolute atomic E-state index is 0.0201. The summed E-state index contributed by atoms with van der Waals surface area (Å²) in [6.07, 6.45) is 2.19. The van der Waals surface area contributed by atoms with Gasteiger partial charge in [-0.05, 0) is 13.3 Å². The van der Waals surface area contributed by atoms with E-state index in [-0.39, 0.29) is 30.3 Å². The molecule has 0 aliphatic rings. The summed E-state index contributed by atoms with van der Waals surface area (Å²) in [5.41, 5.74) is 0. The van der Waals surface area contributed by atoms with Crippen LogP contribution in [0.5, 0.6) is 0 Å². The van der Waals surface area contributed by atoms with Gasteiger partial charge in [0.15, 0.2) is 0 Å². The average Bonchev–Trinajstić information content (AvgIpc) is 2.90. The Balaban J connectivity index is 2.56. The summed E-state index contributed by atoms with van der Waals surface area (Å²) >= 11 is 0. The average molecular weight is 281 g/mol. The third kappa shape index (κ3) is 4.32. The van der Waals surface area contributed by atoms with E-state index in [9.17, 15) is 9.59 Å². The summed E-state index contributed by atoms with van der Waals surface area (Å²) in [6, 6.07) is -0.194. The predicted molar refractivity (Wildman–Crippen MR) is 74.7 cm³/mol. The number of hydrogen-bond donors (Lipinski definition) is 2. The Morgan fingerprint density at radius 2 is 2.05 bits per heavy atom. The number of aryl methyl sites for hydroxylation is 1. The molecule has 1 heterocycles. The van der Waals surface area contributed by atoms with E-state index in [1.807, 2.05) is 13.8 Å². The Morgan fingerprint density at radius 3 is 2.60 bits per heavy atom. The monoisotopic (exact) mass is 281 g/mol. The van der Waals surface area contributed by atoms with Crippen molar-refractivity contribution in [3.63, 3.8) is 0 Å². The van der Waals surface area contributed by atoms with Crippen LogP contribution in [-0.4, -0.2) is 33.1 Å². The molecule has 0 fully saturated rings. The number of hydrogen-bond acceptors (Lipinski definition) is 4. The van der Waals surface area contributed by atoms with Crippen molar-refractivity contribution >= 4 is 11.8 Å². The van der Waals surface area contributed by atoms with Gasteiger partial charge >= 0.3 is 0 Å². The van der Waals surface area contributed by atoms with Crippen LogP contribution < -0.4 is 10.6 Å². The van der Waals surface area contributed by atoms with E-state index in [0.29, 0.717) is 13.0 Å². The third-order valence-electron chi connectivity index (χ3n) is 2.95. The van der Waals surface area contributed by atoms with Crippen LogP contribution in [-0.2, 0) is 16.1 Å². The summed E-state index contributed by atoms with van der Waals surface area (Å²) in [6.45, 7) is 8.18. The van der Waals surface area contributed by atoms with Gasteiger partial charge < -0.3 is 10.6 Å². The van der Waals surface area contributed by atoms with E-state index >= 15 is 0 Å². The van der Waals surface area contributed by atoms with E-state index in [1.165, 1.54) is 6.33 Å². The van der Waals surface area contributed by atoms with E-state index in [0.717, 1.165) is 5.82 Å². The van der Waals surface area contributed by atoms with Gasteiger partial charge in [-0.25, -0.2) is 9.67 Å². The Labute approximate surface area is 119 Å². The van der Waals surface area contributed by atoms with Crippen molar-refractivity contribution in [1.29, 1.82) is 0 Å². The molecule has 0 aliphatic carbocycles. The fourth-order valence-corrected chi connectivity index (χ4v) is 1.75. The number of nitrogens with zero attached hydrogens (tertiary/aromatic N) is 3. The highest BCUT2D eigenvalue weighted by Gasteiger charge is 2.18. The summed E-state index contributed by atoms with van der Waals surface area (Å²) in [7, 11) is 0. The van der Waals surface area contributed by atoms with Crippen molar-refractivity contribution in [1.82, 2.24) is 25.4 Å². The summed E-state index contributed by atoms with van der Waals surface area (Å²) in [5, 5.41) is 9.55.